The maximum atomic E-state index is 14.6. The van der Waals surface area contributed by atoms with Gasteiger partial charge in [-0.2, -0.15) is 4.37 Å². The number of aryl methyl sites for hydroxylation is 2. The summed E-state index contributed by atoms with van der Waals surface area (Å²) in [5, 5.41) is 5.84. The van der Waals surface area contributed by atoms with Crippen LogP contribution >= 0.6 is 22.9 Å². The van der Waals surface area contributed by atoms with Gasteiger partial charge in [-0.1, -0.05) is 20.8 Å². The number of carbonyl (C=O) groups excluding carboxylic acids is 3. The maximum Gasteiger partial charge on any atom is 0.408 e. The molecule has 1 fully saturated rings. The third-order valence-corrected chi connectivity index (χ3v) is 7.47. The number of likely N-dealkylation sites (tertiary alicyclic amines) is 1. The summed E-state index contributed by atoms with van der Waals surface area (Å²) in [5.41, 5.74) is -0.266. The van der Waals surface area contributed by atoms with Gasteiger partial charge in [-0.05, 0) is 39.7 Å². The van der Waals surface area contributed by atoms with Crippen LogP contribution in [0.5, 0.6) is 0 Å². The van der Waals surface area contributed by atoms with E-state index >= 15 is 0 Å². The summed E-state index contributed by atoms with van der Waals surface area (Å²) in [6.07, 6.45) is -1.11. The third kappa shape index (κ3) is 6.78. The Balaban J connectivity index is 1.79. The fourth-order valence-corrected chi connectivity index (χ4v) is 5.73. The second-order valence-electron chi connectivity index (χ2n) is 10.1. The van der Waals surface area contributed by atoms with E-state index in [2.05, 4.69) is 20.0 Å². The predicted octanol–water partition coefficient (Wildman–Crippen LogP) is 4.88. The lowest BCUT2D eigenvalue weighted by molar-refractivity contribution is -0.135. The van der Waals surface area contributed by atoms with Crippen molar-refractivity contribution in [2.45, 2.75) is 85.2 Å². The van der Waals surface area contributed by atoms with E-state index in [1.807, 2.05) is 27.7 Å². The molecule has 9 nitrogen and oxygen atoms in total. The summed E-state index contributed by atoms with van der Waals surface area (Å²) in [6, 6.07) is 0.306. The highest BCUT2D eigenvalue weighted by atomic mass is 32.1. The lowest BCUT2D eigenvalue weighted by Gasteiger charge is -2.31. The molecule has 0 saturated carbocycles. The predicted molar refractivity (Wildman–Crippen MR) is 138 cm³/mol. The average molecular weight is 540 g/mol. The highest BCUT2D eigenvalue weighted by Crippen LogP contribution is 2.39. The van der Waals surface area contributed by atoms with Gasteiger partial charge in [0.05, 0.1) is 18.2 Å². The van der Waals surface area contributed by atoms with Gasteiger partial charge in [-0.25, -0.2) is 14.2 Å². The van der Waals surface area contributed by atoms with E-state index in [9.17, 15) is 18.8 Å². The molecule has 3 amide bonds. The van der Waals surface area contributed by atoms with Gasteiger partial charge in [0.1, 0.15) is 23.6 Å². The van der Waals surface area contributed by atoms with Crippen molar-refractivity contribution >= 4 is 45.9 Å². The van der Waals surface area contributed by atoms with Crippen LogP contribution in [0, 0.1) is 12.8 Å². The fourth-order valence-electron chi connectivity index (χ4n) is 3.93. The first kappa shape index (κ1) is 28.0. The van der Waals surface area contributed by atoms with Crippen LogP contribution in [0.1, 0.15) is 79.9 Å². The first-order valence-electron chi connectivity index (χ1n) is 12.0. The van der Waals surface area contributed by atoms with Crippen molar-refractivity contribution < 1.29 is 23.5 Å². The minimum atomic E-state index is -1.21. The van der Waals surface area contributed by atoms with E-state index in [1.54, 1.807) is 26.8 Å². The second-order valence-corrected chi connectivity index (χ2v) is 12.2. The molecule has 3 rings (SSSR count). The van der Waals surface area contributed by atoms with Crippen LogP contribution in [0.4, 0.5) is 14.3 Å². The van der Waals surface area contributed by atoms with Gasteiger partial charge in [0, 0.05) is 34.1 Å². The summed E-state index contributed by atoms with van der Waals surface area (Å²) in [6.45, 7) is 12.5. The van der Waals surface area contributed by atoms with E-state index in [-0.39, 0.29) is 30.7 Å². The van der Waals surface area contributed by atoms with Crippen molar-refractivity contribution in [1.82, 2.24) is 19.6 Å². The van der Waals surface area contributed by atoms with Gasteiger partial charge in [0.25, 0.3) is 5.91 Å². The van der Waals surface area contributed by atoms with E-state index in [0.717, 1.165) is 21.3 Å². The number of halogens is 1. The highest BCUT2D eigenvalue weighted by Gasteiger charge is 2.41. The molecule has 36 heavy (non-hydrogen) atoms. The normalized spacial score (nSPS) is 18.9. The van der Waals surface area contributed by atoms with Gasteiger partial charge in [-0.3, -0.25) is 14.9 Å². The summed E-state index contributed by atoms with van der Waals surface area (Å²) >= 11 is 2.48. The Hall–Kier alpha value is -2.60. The fraction of sp³-hybridized carbons (Fsp3) is 0.625. The smallest absolute Gasteiger partial charge is 0.408 e. The van der Waals surface area contributed by atoms with Crippen molar-refractivity contribution in [3.05, 3.63) is 27.2 Å². The zero-order chi connectivity index (χ0) is 26.8. The first-order chi connectivity index (χ1) is 16.8. The molecular formula is C24H34FN5O4S2. The second kappa shape index (κ2) is 11.2. The standard InChI is InChI=1S/C24H34FN5O4S2/c1-8-18-26-22(36-29-18)28-20(31)15-10-17(35-13(15)4)16-9-14(25)11-30(16)21(32)19(12(2)3)27-23(33)34-24(5,6)7/h10,12,14,16,19H,8-9,11H2,1-7H3,(H,27,33)(H,26,28,29,31)/t14-,16?,19+/m1/s1. The molecule has 198 valence electrons. The Labute approximate surface area is 219 Å². The molecule has 1 saturated heterocycles. The zero-order valence-corrected chi connectivity index (χ0v) is 23.3. The number of rotatable bonds is 7. The summed E-state index contributed by atoms with van der Waals surface area (Å²) < 4.78 is 24.1. The van der Waals surface area contributed by atoms with E-state index in [0.29, 0.717) is 22.9 Å². The van der Waals surface area contributed by atoms with Crippen LogP contribution in [0.2, 0.25) is 0 Å². The van der Waals surface area contributed by atoms with Crippen molar-refractivity contribution in [1.29, 1.82) is 0 Å². The van der Waals surface area contributed by atoms with Gasteiger partial charge in [0.15, 0.2) is 0 Å². The molecule has 0 spiro atoms. The van der Waals surface area contributed by atoms with E-state index in [4.69, 9.17) is 4.74 Å². The molecule has 1 aliphatic heterocycles. The van der Waals surface area contributed by atoms with Gasteiger partial charge < -0.3 is 15.0 Å². The Bertz CT molecular complexity index is 1110. The summed E-state index contributed by atoms with van der Waals surface area (Å²) in [7, 11) is 0. The van der Waals surface area contributed by atoms with Gasteiger partial charge in [0.2, 0.25) is 11.0 Å². The molecular weight excluding hydrogens is 505 g/mol. The minimum Gasteiger partial charge on any atom is -0.444 e. The number of alkyl carbamates (subject to hydrolysis) is 1. The van der Waals surface area contributed by atoms with E-state index < -0.39 is 29.9 Å². The number of alkyl halides is 1. The van der Waals surface area contributed by atoms with Crippen molar-refractivity contribution in [2.75, 3.05) is 11.9 Å². The highest BCUT2D eigenvalue weighted by molar-refractivity contribution is 7.12. The lowest BCUT2D eigenvalue weighted by atomic mass is 10.0. The molecule has 1 aliphatic rings. The number of aromatic nitrogens is 2. The van der Waals surface area contributed by atoms with Crippen molar-refractivity contribution in [2.24, 2.45) is 5.92 Å². The van der Waals surface area contributed by atoms with Crippen molar-refractivity contribution in [3.63, 3.8) is 0 Å². The van der Waals surface area contributed by atoms with Crippen molar-refractivity contribution in [3.8, 4) is 0 Å². The summed E-state index contributed by atoms with van der Waals surface area (Å²) in [4.78, 5) is 46.0. The molecule has 3 heterocycles. The quantitative estimate of drug-likeness (QED) is 0.518. The summed E-state index contributed by atoms with van der Waals surface area (Å²) in [5.74, 6) is -0.283. The number of ether oxygens (including phenoxy) is 1. The Morgan fingerprint density at radius 2 is 2.00 bits per heavy atom. The molecule has 2 aromatic heterocycles. The number of amides is 3. The van der Waals surface area contributed by atoms with Crippen LogP contribution in [-0.2, 0) is 16.0 Å². The molecule has 1 unspecified atom stereocenters. The number of nitrogens with zero attached hydrogens (tertiary/aromatic N) is 3. The SMILES string of the molecule is CCc1nsc(NC(=O)c2cc(C3C[C@@H](F)CN3C(=O)[C@@H](NC(=O)OC(C)(C)C)C(C)C)sc2C)n1. The maximum absolute atomic E-state index is 14.6. The van der Waals surface area contributed by atoms with Crippen LogP contribution in [-0.4, -0.2) is 56.5 Å². The van der Waals surface area contributed by atoms with Crippen LogP contribution in [0.25, 0.3) is 0 Å². The molecule has 12 heteroatoms. The van der Waals surface area contributed by atoms with Gasteiger partial charge >= 0.3 is 6.09 Å². The lowest BCUT2D eigenvalue weighted by Crippen LogP contribution is -2.52. The van der Waals surface area contributed by atoms with Crippen LogP contribution in [0.3, 0.4) is 0 Å². The zero-order valence-electron chi connectivity index (χ0n) is 21.7. The number of hydrogen-bond donors (Lipinski definition) is 2. The molecule has 0 radical (unpaired) electrons. The number of carbonyl (C=O) groups is 3. The molecule has 2 N–H and O–H groups in total. The number of nitrogens with one attached hydrogen (secondary N) is 2. The number of hydrogen-bond acceptors (Lipinski definition) is 8. The Morgan fingerprint density at radius 3 is 2.58 bits per heavy atom. The largest absolute Gasteiger partial charge is 0.444 e. The molecule has 0 bridgehead atoms. The Kier molecular flexibility index (Phi) is 8.71. The number of anilines is 1. The minimum absolute atomic E-state index is 0.0776. The molecule has 0 aromatic carbocycles. The van der Waals surface area contributed by atoms with Crippen LogP contribution in [0.15, 0.2) is 6.07 Å². The van der Waals surface area contributed by atoms with Crippen LogP contribution < -0.4 is 10.6 Å². The molecule has 3 atom stereocenters. The topological polar surface area (TPSA) is 114 Å². The monoisotopic (exact) mass is 539 g/mol. The number of thiophene rings is 1. The third-order valence-electron chi connectivity index (χ3n) is 5.65. The first-order valence-corrected chi connectivity index (χ1v) is 13.6. The molecule has 0 aliphatic carbocycles. The molecule has 2 aromatic rings. The van der Waals surface area contributed by atoms with E-state index in [1.165, 1.54) is 16.2 Å². The average Bonchev–Trinajstić information content (AvgIpc) is 3.48. The van der Waals surface area contributed by atoms with Gasteiger partial charge in [-0.15, -0.1) is 11.3 Å². The Morgan fingerprint density at radius 1 is 1.31 bits per heavy atom.